The van der Waals surface area contributed by atoms with E-state index in [9.17, 15) is 0 Å². The standard InChI is InChI=1S/C22H19N3S/c1-14-9-15(2)21(16(3)10-14)25-22-24-13-19(26-22)12-17-6-7-20-18(11-17)5-4-8-23-20/h4-13H,1-3H3. The Balaban J connectivity index is 1.60. The van der Waals surface area contributed by atoms with Crippen molar-refractivity contribution < 1.29 is 0 Å². The fourth-order valence-corrected chi connectivity index (χ4v) is 3.94. The molecule has 0 fully saturated rings. The SMILES string of the molecule is Cc1cc(C)c(N=C2N=CC(=Cc3ccc4ncccc4c3)S2)c(C)c1. The molecule has 0 saturated carbocycles. The molecule has 0 bridgehead atoms. The first-order valence-electron chi connectivity index (χ1n) is 8.53. The number of pyridine rings is 1. The third-order valence-corrected chi connectivity index (χ3v) is 5.13. The second kappa shape index (κ2) is 6.89. The van der Waals surface area contributed by atoms with Crippen LogP contribution in [-0.4, -0.2) is 16.4 Å². The first-order valence-corrected chi connectivity index (χ1v) is 9.35. The molecule has 1 aliphatic rings. The van der Waals surface area contributed by atoms with Crippen molar-refractivity contribution in [2.24, 2.45) is 9.98 Å². The van der Waals surface area contributed by atoms with Crippen molar-refractivity contribution in [1.82, 2.24) is 4.98 Å². The molecule has 4 rings (SSSR count). The van der Waals surface area contributed by atoms with Gasteiger partial charge in [0.25, 0.3) is 0 Å². The summed E-state index contributed by atoms with van der Waals surface area (Å²) in [7, 11) is 0. The van der Waals surface area contributed by atoms with Crippen LogP contribution in [0.5, 0.6) is 0 Å². The van der Waals surface area contributed by atoms with E-state index in [4.69, 9.17) is 4.99 Å². The third-order valence-electron chi connectivity index (χ3n) is 4.29. The van der Waals surface area contributed by atoms with Crippen molar-refractivity contribution >= 4 is 45.8 Å². The molecule has 0 aliphatic carbocycles. The van der Waals surface area contributed by atoms with Gasteiger partial charge in [0.2, 0.25) is 0 Å². The van der Waals surface area contributed by atoms with Gasteiger partial charge in [-0.3, -0.25) is 4.98 Å². The van der Waals surface area contributed by atoms with Crippen LogP contribution < -0.4 is 0 Å². The largest absolute Gasteiger partial charge is 0.256 e. The van der Waals surface area contributed by atoms with Crippen molar-refractivity contribution in [3.63, 3.8) is 0 Å². The van der Waals surface area contributed by atoms with Crippen LogP contribution in [-0.2, 0) is 0 Å². The molecule has 0 saturated heterocycles. The van der Waals surface area contributed by atoms with Gasteiger partial charge in [0.15, 0.2) is 5.17 Å². The van der Waals surface area contributed by atoms with Crippen LogP contribution >= 0.6 is 11.8 Å². The Labute approximate surface area is 157 Å². The minimum absolute atomic E-state index is 0.786. The van der Waals surface area contributed by atoms with Crippen LogP contribution in [0, 0.1) is 20.8 Å². The summed E-state index contributed by atoms with van der Waals surface area (Å²) in [6.07, 6.45) is 5.84. The molecule has 3 nitrogen and oxygen atoms in total. The Hall–Kier alpha value is -2.72. The molecule has 0 unspecified atom stereocenters. The van der Waals surface area contributed by atoms with Crippen LogP contribution in [0.25, 0.3) is 17.0 Å². The molecule has 26 heavy (non-hydrogen) atoms. The van der Waals surface area contributed by atoms with Crippen molar-refractivity contribution in [3.8, 4) is 0 Å². The van der Waals surface area contributed by atoms with Gasteiger partial charge in [-0.1, -0.05) is 29.8 Å². The van der Waals surface area contributed by atoms with Gasteiger partial charge in [-0.2, -0.15) is 0 Å². The van der Waals surface area contributed by atoms with Gasteiger partial charge in [0.1, 0.15) is 0 Å². The molecule has 4 heteroatoms. The van der Waals surface area contributed by atoms with Crippen LogP contribution in [0.1, 0.15) is 22.3 Å². The van der Waals surface area contributed by atoms with E-state index in [1.165, 1.54) is 16.7 Å². The molecule has 0 atom stereocenters. The first-order chi connectivity index (χ1) is 12.6. The average Bonchev–Trinajstić information content (AvgIpc) is 3.05. The lowest BCUT2D eigenvalue weighted by molar-refractivity contribution is 1.29. The highest BCUT2D eigenvalue weighted by molar-refractivity contribution is 8.18. The maximum absolute atomic E-state index is 4.77. The monoisotopic (exact) mass is 357 g/mol. The van der Waals surface area contributed by atoms with E-state index in [0.717, 1.165) is 32.2 Å². The van der Waals surface area contributed by atoms with Crippen LogP contribution in [0.3, 0.4) is 0 Å². The van der Waals surface area contributed by atoms with Crippen molar-refractivity contribution in [2.45, 2.75) is 20.8 Å². The maximum atomic E-state index is 4.77. The fourth-order valence-electron chi connectivity index (χ4n) is 3.19. The lowest BCUT2D eigenvalue weighted by atomic mass is 10.1. The van der Waals surface area contributed by atoms with E-state index in [-0.39, 0.29) is 0 Å². The second-order valence-corrected chi connectivity index (χ2v) is 7.54. The highest BCUT2D eigenvalue weighted by Crippen LogP contribution is 2.31. The van der Waals surface area contributed by atoms with Gasteiger partial charge in [-0.15, -0.1) is 0 Å². The number of amidine groups is 1. The van der Waals surface area contributed by atoms with Gasteiger partial charge in [0, 0.05) is 22.7 Å². The van der Waals surface area contributed by atoms with E-state index >= 15 is 0 Å². The minimum atomic E-state index is 0.786. The Morgan fingerprint density at radius 1 is 1.00 bits per heavy atom. The molecule has 1 aromatic heterocycles. The van der Waals surface area contributed by atoms with Crippen LogP contribution in [0.2, 0.25) is 0 Å². The van der Waals surface area contributed by atoms with Crippen LogP contribution in [0.15, 0.2) is 63.6 Å². The number of fused-ring (bicyclic) bond motifs is 1. The number of hydrogen-bond donors (Lipinski definition) is 0. The lowest BCUT2D eigenvalue weighted by Crippen LogP contribution is -1.87. The summed E-state index contributed by atoms with van der Waals surface area (Å²) in [5, 5.41) is 1.93. The van der Waals surface area contributed by atoms with E-state index in [1.807, 2.05) is 24.5 Å². The smallest absolute Gasteiger partial charge is 0.193 e. The predicted octanol–water partition coefficient (Wildman–Crippen LogP) is 6.01. The number of hydrogen-bond acceptors (Lipinski definition) is 3. The summed E-state index contributed by atoms with van der Waals surface area (Å²) in [6.45, 7) is 6.31. The van der Waals surface area contributed by atoms with Crippen molar-refractivity contribution in [1.29, 1.82) is 0 Å². The Kier molecular flexibility index (Phi) is 4.43. The molecule has 0 radical (unpaired) electrons. The highest BCUT2D eigenvalue weighted by atomic mass is 32.2. The summed E-state index contributed by atoms with van der Waals surface area (Å²) in [4.78, 5) is 14.7. The normalized spacial score (nSPS) is 16.9. The first kappa shape index (κ1) is 16.7. The molecule has 128 valence electrons. The van der Waals surface area contributed by atoms with Gasteiger partial charge in [-0.05, 0) is 73.5 Å². The fraction of sp³-hybridized carbons (Fsp3) is 0.136. The quantitative estimate of drug-likeness (QED) is 0.563. The molecule has 3 aromatic rings. The van der Waals surface area contributed by atoms with Gasteiger partial charge in [0.05, 0.1) is 11.2 Å². The predicted molar refractivity (Wildman–Crippen MR) is 114 cm³/mol. The van der Waals surface area contributed by atoms with Crippen molar-refractivity contribution in [2.75, 3.05) is 0 Å². The van der Waals surface area contributed by atoms with Gasteiger partial charge in [-0.25, -0.2) is 9.98 Å². The Bertz CT molecular complexity index is 1070. The molecule has 0 spiro atoms. The molecule has 2 aromatic carbocycles. The molecule has 1 aliphatic heterocycles. The number of aryl methyl sites for hydroxylation is 3. The zero-order valence-electron chi connectivity index (χ0n) is 15.0. The zero-order valence-corrected chi connectivity index (χ0v) is 15.8. The molecular formula is C22H19N3S. The summed E-state index contributed by atoms with van der Waals surface area (Å²) in [5.74, 6) is 0. The maximum Gasteiger partial charge on any atom is 0.193 e. The van der Waals surface area contributed by atoms with E-state index in [1.54, 1.807) is 11.8 Å². The molecular weight excluding hydrogens is 338 g/mol. The molecule has 2 heterocycles. The number of benzene rings is 2. The Morgan fingerprint density at radius 2 is 1.81 bits per heavy atom. The van der Waals surface area contributed by atoms with E-state index in [2.05, 4.69) is 67.2 Å². The average molecular weight is 357 g/mol. The summed E-state index contributed by atoms with van der Waals surface area (Å²) < 4.78 is 0. The van der Waals surface area contributed by atoms with E-state index < -0.39 is 0 Å². The molecule has 0 N–H and O–H groups in total. The topological polar surface area (TPSA) is 37.6 Å². The number of allylic oxidation sites excluding steroid dienone is 1. The number of aromatic nitrogens is 1. The summed E-state index contributed by atoms with van der Waals surface area (Å²) in [5.41, 5.74) is 6.81. The van der Waals surface area contributed by atoms with Gasteiger partial charge < -0.3 is 0 Å². The number of aliphatic imine (C=N–C) groups is 2. The summed E-state index contributed by atoms with van der Waals surface area (Å²) in [6, 6.07) is 14.6. The third kappa shape index (κ3) is 3.46. The lowest BCUT2D eigenvalue weighted by Gasteiger charge is -2.06. The number of rotatable bonds is 2. The minimum Gasteiger partial charge on any atom is -0.256 e. The number of thioether (sulfide) groups is 1. The highest BCUT2D eigenvalue weighted by Gasteiger charge is 2.12. The number of nitrogens with zero attached hydrogens (tertiary/aromatic N) is 3. The Morgan fingerprint density at radius 3 is 2.62 bits per heavy atom. The second-order valence-electron chi connectivity index (χ2n) is 6.50. The van der Waals surface area contributed by atoms with E-state index in [0.29, 0.717) is 0 Å². The van der Waals surface area contributed by atoms with Gasteiger partial charge >= 0.3 is 0 Å². The van der Waals surface area contributed by atoms with Crippen LogP contribution in [0.4, 0.5) is 5.69 Å². The summed E-state index contributed by atoms with van der Waals surface area (Å²) >= 11 is 1.60. The van der Waals surface area contributed by atoms with Crippen molar-refractivity contribution in [3.05, 3.63) is 75.8 Å². The zero-order chi connectivity index (χ0) is 18.1. The molecule has 0 amide bonds.